The third-order valence-corrected chi connectivity index (χ3v) is 2.67. The quantitative estimate of drug-likeness (QED) is 0.552. The summed E-state index contributed by atoms with van der Waals surface area (Å²) in [7, 11) is 2.08. The van der Waals surface area contributed by atoms with Gasteiger partial charge >= 0.3 is 0 Å². The molecule has 1 heteroatoms. The first-order valence-corrected chi connectivity index (χ1v) is 4.50. The van der Waals surface area contributed by atoms with E-state index in [4.69, 9.17) is 0 Å². The van der Waals surface area contributed by atoms with Crippen LogP contribution in [0.4, 0.5) is 0 Å². The second kappa shape index (κ2) is 3.97. The van der Waals surface area contributed by atoms with E-state index in [0.29, 0.717) is 0 Å². The monoisotopic (exact) mass is 141 g/mol. The van der Waals surface area contributed by atoms with Crippen LogP contribution in [0.5, 0.6) is 0 Å². The average Bonchev–Trinajstić information content (AvgIpc) is 2.14. The summed E-state index contributed by atoms with van der Waals surface area (Å²) in [6.07, 6.45) is 7.06. The van der Waals surface area contributed by atoms with Gasteiger partial charge < -0.3 is 5.32 Å². The van der Waals surface area contributed by atoms with Crippen LogP contribution in [0.1, 0.15) is 39.0 Å². The van der Waals surface area contributed by atoms with Crippen molar-refractivity contribution in [3.63, 3.8) is 0 Å². The molecule has 0 spiro atoms. The third kappa shape index (κ3) is 2.30. The normalized spacial score (nSPS) is 35.4. The molecule has 0 saturated heterocycles. The van der Waals surface area contributed by atoms with E-state index in [2.05, 4.69) is 19.3 Å². The van der Waals surface area contributed by atoms with E-state index in [0.717, 1.165) is 12.0 Å². The van der Waals surface area contributed by atoms with Gasteiger partial charge in [0.2, 0.25) is 0 Å². The van der Waals surface area contributed by atoms with E-state index in [1.54, 1.807) is 0 Å². The molecule has 1 rings (SSSR count). The number of nitrogens with one attached hydrogen (secondary N) is 1. The smallest absolute Gasteiger partial charge is 0.00641 e. The van der Waals surface area contributed by atoms with Gasteiger partial charge in [0.1, 0.15) is 0 Å². The Hall–Kier alpha value is -0.0400. The lowest BCUT2D eigenvalue weighted by atomic mass is 10.0. The molecule has 0 aromatic heterocycles. The highest BCUT2D eigenvalue weighted by Gasteiger charge is 2.13. The Morgan fingerprint density at radius 2 is 1.90 bits per heavy atom. The van der Waals surface area contributed by atoms with E-state index in [-0.39, 0.29) is 0 Å². The fourth-order valence-electron chi connectivity index (χ4n) is 1.78. The van der Waals surface area contributed by atoms with Crippen molar-refractivity contribution >= 4 is 0 Å². The topological polar surface area (TPSA) is 12.0 Å². The number of hydrogen-bond donors (Lipinski definition) is 1. The molecular formula is C9H19N. The summed E-state index contributed by atoms with van der Waals surface area (Å²) in [6.45, 7) is 2.37. The first-order chi connectivity index (χ1) is 4.83. The molecule has 1 nitrogen and oxygen atoms in total. The lowest BCUT2D eigenvalue weighted by Gasteiger charge is -2.11. The molecule has 0 unspecified atom stereocenters. The fraction of sp³-hybridized carbons (Fsp3) is 1.00. The van der Waals surface area contributed by atoms with E-state index in [9.17, 15) is 0 Å². The molecular weight excluding hydrogens is 122 g/mol. The molecule has 0 amide bonds. The first kappa shape index (κ1) is 8.06. The summed E-state index contributed by atoms with van der Waals surface area (Å²) < 4.78 is 0. The van der Waals surface area contributed by atoms with Crippen LogP contribution in [0, 0.1) is 5.92 Å². The standard InChI is InChI=1S/C9H19N/c1-8-4-3-5-9(10-2)7-6-8/h8-10H,3-7H2,1-2H3/t8-,9+/m0/s1. The minimum Gasteiger partial charge on any atom is -0.317 e. The summed E-state index contributed by atoms with van der Waals surface area (Å²) >= 11 is 0. The summed E-state index contributed by atoms with van der Waals surface area (Å²) in [6, 6.07) is 0.810. The van der Waals surface area contributed by atoms with Gasteiger partial charge in [-0.2, -0.15) is 0 Å². The molecule has 0 bridgehead atoms. The van der Waals surface area contributed by atoms with Gasteiger partial charge in [-0.3, -0.25) is 0 Å². The van der Waals surface area contributed by atoms with Crippen molar-refractivity contribution in [2.75, 3.05) is 7.05 Å². The summed E-state index contributed by atoms with van der Waals surface area (Å²) in [5.41, 5.74) is 0. The Labute approximate surface area is 64.2 Å². The Kier molecular flexibility index (Phi) is 3.20. The highest BCUT2D eigenvalue weighted by molar-refractivity contribution is 4.71. The van der Waals surface area contributed by atoms with Gasteiger partial charge in [0.05, 0.1) is 0 Å². The van der Waals surface area contributed by atoms with E-state index < -0.39 is 0 Å². The molecule has 1 aliphatic carbocycles. The molecule has 2 atom stereocenters. The van der Waals surface area contributed by atoms with Gasteiger partial charge in [0.25, 0.3) is 0 Å². The second-order valence-electron chi connectivity index (χ2n) is 3.60. The van der Waals surface area contributed by atoms with Crippen molar-refractivity contribution in [2.45, 2.75) is 45.1 Å². The molecule has 0 aliphatic heterocycles. The minimum absolute atomic E-state index is 0.810. The largest absolute Gasteiger partial charge is 0.317 e. The van der Waals surface area contributed by atoms with E-state index >= 15 is 0 Å². The lowest BCUT2D eigenvalue weighted by molar-refractivity contribution is 0.475. The van der Waals surface area contributed by atoms with Crippen LogP contribution in [0.3, 0.4) is 0 Å². The maximum atomic E-state index is 3.36. The van der Waals surface area contributed by atoms with Crippen molar-refractivity contribution < 1.29 is 0 Å². The van der Waals surface area contributed by atoms with Crippen LogP contribution in [0.25, 0.3) is 0 Å². The zero-order chi connectivity index (χ0) is 7.40. The zero-order valence-electron chi connectivity index (χ0n) is 7.19. The molecule has 1 N–H and O–H groups in total. The van der Waals surface area contributed by atoms with Gasteiger partial charge in [-0.1, -0.05) is 19.8 Å². The Morgan fingerprint density at radius 1 is 1.10 bits per heavy atom. The Bertz CT molecular complexity index is 90.7. The maximum absolute atomic E-state index is 3.36. The Balaban J connectivity index is 2.26. The SMILES string of the molecule is CN[C@@H]1CCC[C@H](C)CC1. The predicted octanol–water partition coefficient (Wildman–Crippen LogP) is 2.17. The van der Waals surface area contributed by atoms with Gasteiger partial charge in [-0.25, -0.2) is 0 Å². The first-order valence-electron chi connectivity index (χ1n) is 4.50. The van der Waals surface area contributed by atoms with E-state index in [1.807, 2.05) is 0 Å². The molecule has 1 saturated carbocycles. The molecule has 0 heterocycles. The molecule has 0 radical (unpaired) electrons. The van der Waals surface area contributed by atoms with Crippen molar-refractivity contribution in [2.24, 2.45) is 5.92 Å². The maximum Gasteiger partial charge on any atom is 0.00641 e. The van der Waals surface area contributed by atoms with Gasteiger partial charge in [-0.05, 0) is 32.2 Å². The number of hydrogen-bond acceptors (Lipinski definition) is 1. The minimum atomic E-state index is 0.810. The van der Waals surface area contributed by atoms with Crippen molar-refractivity contribution in [3.8, 4) is 0 Å². The second-order valence-corrected chi connectivity index (χ2v) is 3.60. The lowest BCUT2D eigenvalue weighted by Crippen LogP contribution is -2.23. The van der Waals surface area contributed by atoms with Crippen molar-refractivity contribution in [1.82, 2.24) is 5.32 Å². The molecule has 0 aromatic rings. The summed E-state index contributed by atoms with van der Waals surface area (Å²) in [4.78, 5) is 0. The summed E-state index contributed by atoms with van der Waals surface area (Å²) in [5.74, 6) is 0.971. The average molecular weight is 141 g/mol. The molecule has 1 aliphatic rings. The van der Waals surface area contributed by atoms with E-state index in [1.165, 1.54) is 32.1 Å². The predicted molar refractivity (Wildman–Crippen MR) is 45.1 cm³/mol. The van der Waals surface area contributed by atoms with Gasteiger partial charge in [0, 0.05) is 6.04 Å². The Morgan fingerprint density at radius 3 is 2.60 bits per heavy atom. The molecule has 0 aromatic carbocycles. The fourth-order valence-corrected chi connectivity index (χ4v) is 1.78. The van der Waals surface area contributed by atoms with Crippen LogP contribution < -0.4 is 5.32 Å². The zero-order valence-corrected chi connectivity index (χ0v) is 7.19. The highest BCUT2D eigenvalue weighted by atomic mass is 14.9. The third-order valence-electron chi connectivity index (χ3n) is 2.67. The number of rotatable bonds is 1. The molecule has 10 heavy (non-hydrogen) atoms. The highest BCUT2D eigenvalue weighted by Crippen LogP contribution is 2.21. The summed E-state index contributed by atoms with van der Waals surface area (Å²) in [5, 5.41) is 3.36. The van der Waals surface area contributed by atoms with Crippen LogP contribution in [0.15, 0.2) is 0 Å². The molecule has 60 valence electrons. The van der Waals surface area contributed by atoms with Gasteiger partial charge in [-0.15, -0.1) is 0 Å². The van der Waals surface area contributed by atoms with Gasteiger partial charge in [0.15, 0.2) is 0 Å². The van der Waals surface area contributed by atoms with Crippen LogP contribution in [-0.2, 0) is 0 Å². The van der Waals surface area contributed by atoms with Crippen LogP contribution in [0.2, 0.25) is 0 Å². The molecule has 1 fully saturated rings. The van der Waals surface area contributed by atoms with Crippen LogP contribution in [-0.4, -0.2) is 13.1 Å². The van der Waals surface area contributed by atoms with Crippen LogP contribution >= 0.6 is 0 Å². The van der Waals surface area contributed by atoms with Crippen molar-refractivity contribution in [1.29, 1.82) is 0 Å². The van der Waals surface area contributed by atoms with Crippen molar-refractivity contribution in [3.05, 3.63) is 0 Å².